The Bertz CT molecular complexity index is 570. The lowest BCUT2D eigenvalue weighted by Crippen LogP contribution is -2.06. The summed E-state index contributed by atoms with van der Waals surface area (Å²) in [6.45, 7) is 5.36. The third kappa shape index (κ3) is 3.68. The van der Waals surface area contributed by atoms with Crippen molar-refractivity contribution in [2.75, 3.05) is 6.61 Å². The molecule has 0 saturated heterocycles. The van der Waals surface area contributed by atoms with Gasteiger partial charge in [-0.2, -0.15) is 0 Å². The van der Waals surface area contributed by atoms with Gasteiger partial charge in [-0.05, 0) is 18.1 Å². The van der Waals surface area contributed by atoms with Crippen LogP contribution in [0.25, 0.3) is 0 Å². The average molecular weight is 297 g/mol. The summed E-state index contributed by atoms with van der Waals surface area (Å²) >= 11 is 0. The fraction of sp³-hybridized carbons (Fsp3) is 0.273. The summed E-state index contributed by atoms with van der Waals surface area (Å²) in [4.78, 5) is -0.731. The van der Waals surface area contributed by atoms with Crippen molar-refractivity contribution in [3.8, 4) is 5.75 Å². The first-order valence-corrected chi connectivity index (χ1v) is 7.29. The van der Waals surface area contributed by atoms with Gasteiger partial charge in [-0.15, -0.1) is 0 Å². The van der Waals surface area contributed by atoms with Gasteiger partial charge in [0.25, 0.3) is 9.05 Å². The van der Waals surface area contributed by atoms with Gasteiger partial charge in [0, 0.05) is 16.7 Å². The van der Waals surface area contributed by atoms with Gasteiger partial charge in [-0.3, -0.25) is 0 Å². The van der Waals surface area contributed by atoms with Crippen molar-refractivity contribution in [1.82, 2.24) is 0 Å². The number of rotatable bonds is 5. The van der Waals surface area contributed by atoms with Crippen molar-refractivity contribution in [3.63, 3.8) is 0 Å². The molecular formula is C11H11ClF2O3S. The predicted molar refractivity (Wildman–Crippen MR) is 64.3 cm³/mol. The van der Waals surface area contributed by atoms with E-state index in [1.54, 1.807) is 0 Å². The van der Waals surface area contributed by atoms with Gasteiger partial charge < -0.3 is 4.74 Å². The van der Waals surface area contributed by atoms with Gasteiger partial charge in [0.05, 0.1) is 0 Å². The molecule has 1 aromatic carbocycles. The predicted octanol–water partition coefficient (Wildman–Crippen LogP) is 3.24. The zero-order valence-corrected chi connectivity index (χ0v) is 11.1. The van der Waals surface area contributed by atoms with E-state index in [0.717, 1.165) is 0 Å². The molecule has 0 aliphatic carbocycles. The maximum atomic E-state index is 13.5. The first kappa shape index (κ1) is 14.9. The minimum atomic E-state index is -4.30. The van der Waals surface area contributed by atoms with Crippen LogP contribution in [0.5, 0.6) is 5.75 Å². The molecule has 100 valence electrons. The Morgan fingerprint density at radius 2 is 2.06 bits per heavy atom. The normalized spacial score (nSPS) is 11.3. The molecule has 0 atom stereocenters. The minimum Gasteiger partial charge on any atom is -0.485 e. The van der Waals surface area contributed by atoms with E-state index in [-0.39, 0.29) is 6.61 Å². The van der Waals surface area contributed by atoms with E-state index in [0.29, 0.717) is 24.1 Å². The zero-order valence-electron chi connectivity index (χ0n) is 9.54. The lowest BCUT2D eigenvalue weighted by molar-refractivity contribution is 0.318. The van der Waals surface area contributed by atoms with Crippen LogP contribution in [0.2, 0.25) is 0 Å². The van der Waals surface area contributed by atoms with Crippen LogP contribution < -0.4 is 4.74 Å². The molecule has 0 bridgehead atoms. The summed E-state index contributed by atoms with van der Waals surface area (Å²) in [5.41, 5.74) is 0.636. The van der Waals surface area contributed by atoms with Crippen LogP contribution in [0.15, 0.2) is 29.2 Å². The van der Waals surface area contributed by atoms with Crippen LogP contribution in [0.3, 0.4) is 0 Å². The maximum absolute atomic E-state index is 13.5. The van der Waals surface area contributed by atoms with Crippen molar-refractivity contribution in [2.45, 2.75) is 18.2 Å². The third-order valence-electron chi connectivity index (χ3n) is 2.16. The van der Waals surface area contributed by atoms with Gasteiger partial charge in [0.15, 0.2) is 11.6 Å². The Labute approximate surface area is 108 Å². The Morgan fingerprint density at radius 3 is 2.56 bits per heavy atom. The molecule has 0 aliphatic rings. The fourth-order valence-electron chi connectivity index (χ4n) is 1.13. The molecular weight excluding hydrogens is 286 g/mol. The van der Waals surface area contributed by atoms with Crippen LogP contribution >= 0.6 is 10.7 Å². The van der Waals surface area contributed by atoms with Crippen LogP contribution in [-0.2, 0) is 9.05 Å². The van der Waals surface area contributed by atoms with Crippen molar-refractivity contribution < 1.29 is 21.9 Å². The molecule has 0 unspecified atom stereocenters. The first-order valence-electron chi connectivity index (χ1n) is 4.98. The highest BCUT2D eigenvalue weighted by molar-refractivity contribution is 8.13. The van der Waals surface area contributed by atoms with E-state index in [1.165, 1.54) is 0 Å². The summed E-state index contributed by atoms with van der Waals surface area (Å²) in [7, 11) is 0.798. The van der Waals surface area contributed by atoms with Crippen LogP contribution in [0.4, 0.5) is 8.78 Å². The van der Waals surface area contributed by atoms with Crippen molar-refractivity contribution in [2.24, 2.45) is 0 Å². The maximum Gasteiger partial charge on any atom is 0.265 e. The Kier molecular flexibility index (Phi) is 4.70. The second-order valence-corrected chi connectivity index (χ2v) is 6.08. The average Bonchev–Trinajstić information content (AvgIpc) is 2.25. The quantitative estimate of drug-likeness (QED) is 0.619. The summed E-state index contributed by atoms with van der Waals surface area (Å²) in [5.74, 6) is -2.77. The van der Waals surface area contributed by atoms with Gasteiger partial charge >= 0.3 is 0 Å². The Hall–Kier alpha value is -1.14. The molecule has 1 aromatic rings. The summed E-state index contributed by atoms with van der Waals surface area (Å²) in [6, 6.07) is 1.13. The monoisotopic (exact) mass is 296 g/mol. The molecule has 0 aromatic heterocycles. The van der Waals surface area contributed by atoms with Gasteiger partial charge in [-0.25, -0.2) is 17.2 Å². The standard InChI is InChI=1S/C11H11ClF2O3S/c1-3-7(2)6-17-11-9(14)4-8(13)5-10(11)18(12,15)16/h4-5H,2-3,6H2,1H3. The molecule has 0 N–H and O–H groups in total. The third-order valence-corrected chi connectivity index (χ3v) is 3.48. The van der Waals surface area contributed by atoms with Crippen molar-refractivity contribution in [3.05, 3.63) is 35.9 Å². The van der Waals surface area contributed by atoms with E-state index >= 15 is 0 Å². The largest absolute Gasteiger partial charge is 0.485 e. The molecule has 0 saturated carbocycles. The molecule has 1 rings (SSSR count). The topological polar surface area (TPSA) is 43.4 Å². The van der Waals surface area contributed by atoms with Crippen LogP contribution in [-0.4, -0.2) is 15.0 Å². The van der Waals surface area contributed by atoms with E-state index in [2.05, 4.69) is 6.58 Å². The number of benzene rings is 1. The number of hydrogen-bond acceptors (Lipinski definition) is 3. The zero-order chi connectivity index (χ0) is 13.9. The first-order chi connectivity index (χ1) is 8.25. The van der Waals surface area contributed by atoms with E-state index < -0.39 is 31.3 Å². The highest BCUT2D eigenvalue weighted by atomic mass is 35.7. The smallest absolute Gasteiger partial charge is 0.265 e. The van der Waals surface area contributed by atoms with Gasteiger partial charge in [0.1, 0.15) is 17.3 Å². The lowest BCUT2D eigenvalue weighted by Gasteiger charge is -2.11. The SMILES string of the molecule is C=C(CC)COc1c(F)cc(F)cc1S(=O)(=O)Cl. The second-order valence-electron chi connectivity index (χ2n) is 3.54. The molecule has 0 heterocycles. The highest BCUT2D eigenvalue weighted by Gasteiger charge is 2.22. The molecule has 0 amide bonds. The van der Waals surface area contributed by atoms with Gasteiger partial charge in [0.2, 0.25) is 0 Å². The lowest BCUT2D eigenvalue weighted by atomic mass is 10.2. The van der Waals surface area contributed by atoms with Crippen LogP contribution in [0.1, 0.15) is 13.3 Å². The van der Waals surface area contributed by atoms with Gasteiger partial charge in [-0.1, -0.05) is 13.5 Å². The Morgan fingerprint density at radius 1 is 1.44 bits per heavy atom. The summed E-state index contributed by atoms with van der Waals surface area (Å²) in [6.07, 6.45) is 0.589. The number of ether oxygens (including phenoxy) is 1. The minimum absolute atomic E-state index is 0.0710. The van der Waals surface area contributed by atoms with Crippen molar-refractivity contribution >= 4 is 19.7 Å². The van der Waals surface area contributed by atoms with E-state index in [1.807, 2.05) is 6.92 Å². The fourth-order valence-corrected chi connectivity index (χ4v) is 2.11. The molecule has 7 heteroatoms. The molecule has 0 spiro atoms. The number of halogens is 3. The molecule has 0 aliphatic heterocycles. The summed E-state index contributed by atoms with van der Waals surface area (Å²) < 4.78 is 53.8. The number of hydrogen-bond donors (Lipinski definition) is 0. The second kappa shape index (κ2) is 5.67. The van der Waals surface area contributed by atoms with E-state index in [9.17, 15) is 17.2 Å². The molecule has 18 heavy (non-hydrogen) atoms. The highest BCUT2D eigenvalue weighted by Crippen LogP contribution is 2.31. The molecule has 0 radical (unpaired) electrons. The van der Waals surface area contributed by atoms with Crippen LogP contribution in [0, 0.1) is 11.6 Å². The molecule has 3 nitrogen and oxygen atoms in total. The Balaban J connectivity index is 3.21. The van der Waals surface area contributed by atoms with E-state index in [4.69, 9.17) is 15.4 Å². The summed E-state index contributed by atoms with van der Waals surface area (Å²) in [5, 5.41) is 0. The molecule has 0 fully saturated rings. The van der Waals surface area contributed by atoms with Crippen molar-refractivity contribution in [1.29, 1.82) is 0 Å².